The van der Waals surface area contributed by atoms with Crippen molar-refractivity contribution in [2.45, 2.75) is 83.9 Å². The summed E-state index contributed by atoms with van der Waals surface area (Å²) in [7, 11) is 0. The van der Waals surface area contributed by atoms with Crippen LogP contribution in [0.2, 0.25) is 0 Å². The van der Waals surface area contributed by atoms with E-state index in [-0.39, 0.29) is 6.09 Å². The minimum atomic E-state index is -0.414. The van der Waals surface area contributed by atoms with Gasteiger partial charge < -0.3 is 19.9 Å². The molecule has 5 heteroatoms. The van der Waals surface area contributed by atoms with Crippen molar-refractivity contribution >= 4 is 6.09 Å². The summed E-state index contributed by atoms with van der Waals surface area (Å²) in [6, 6.07) is 1.02. The highest BCUT2D eigenvalue weighted by Gasteiger charge is 2.29. The van der Waals surface area contributed by atoms with Crippen molar-refractivity contribution < 1.29 is 9.53 Å². The molecule has 0 bridgehead atoms. The van der Waals surface area contributed by atoms with Crippen molar-refractivity contribution in [3.63, 3.8) is 0 Å². The van der Waals surface area contributed by atoms with Crippen LogP contribution >= 0.6 is 0 Å². The van der Waals surface area contributed by atoms with Crippen LogP contribution < -0.4 is 5.32 Å². The zero-order valence-electron chi connectivity index (χ0n) is 16.1. The Kier molecular flexibility index (Phi) is 7.35. The van der Waals surface area contributed by atoms with Crippen molar-refractivity contribution in [3.8, 4) is 0 Å². The average molecular weight is 340 g/mol. The van der Waals surface area contributed by atoms with Gasteiger partial charge >= 0.3 is 6.09 Å². The zero-order valence-corrected chi connectivity index (χ0v) is 16.1. The van der Waals surface area contributed by atoms with E-state index in [1.165, 1.54) is 45.3 Å². The first-order chi connectivity index (χ1) is 11.4. The Morgan fingerprint density at radius 3 is 2.46 bits per heavy atom. The van der Waals surface area contributed by atoms with Crippen LogP contribution in [0.25, 0.3) is 0 Å². The molecule has 1 atom stereocenters. The third kappa shape index (κ3) is 6.60. The molecule has 2 aliphatic rings. The molecule has 2 heterocycles. The van der Waals surface area contributed by atoms with Crippen LogP contribution in [0.15, 0.2) is 0 Å². The number of rotatable bonds is 5. The van der Waals surface area contributed by atoms with Crippen molar-refractivity contribution in [2.75, 3.05) is 32.7 Å². The van der Waals surface area contributed by atoms with Crippen LogP contribution in [0.4, 0.5) is 4.79 Å². The summed E-state index contributed by atoms with van der Waals surface area (Å²) in [5.74, 6) is 0. The molecule has 2 fully saturated rings. The fourth-order valence-corrected chi connectivity index (χ4v) is 3.64. The van der Waals surface area contributed by atoms with Crippen LogP contribution in [0.5, 0.6) is 0 Å². The lowest BCUT2D eigenvalue weighted by atomic mass is 10.00. The van der Waals surface area contributed by atoms with Gasteiger partial charge in [0, 0.05) is 25.2 Å². The number of ether oxygens (including phenoxy) is 1. The Bertz CT molecular complexity index is 387. The van der Waals surface area contributed by atoms with Crippen LogP contribution in [0, 0.1) is 0 Å². The topological polar surface area (TPSA) is 44.8 Å². The average Bonchev–Trinajstić information content (AvgIpc) is 2.53. The molecule has 0 aromatic rings. The van der Waals surface area contributed by atoms with Crippen molar-refractivity contribution in [1.29, 1.82) is 0 Å². The molecule has 1 N–H and O–H groups in total. The number of piperidine rings is 2. The Morgan fingerprint density at radius 2 is 1.83 bits per heavy atom. The van der Waals surface area contributed by atoms with Gasteiger partial charge in [0.15, 0.2) is 0 Å². The van der Waals surface area contributed by atoms with E-state index in [4.69, 9.17) is 4.74 Å². The summed E-state index contributed by atoms with van der Waals surface area (Å²) in [6.45, 7) is 13.3. The van der Waals surface area contributed by atoms with E-state index in [0.29, 0.717) is 12.1 Å². The SMILES string of the molecule is CCCCN1CCC(NC2CCCN(C(=O)OC(C)(C)C)C2)CC1. The summed E-state index contributed by atoms with van der Waals surface area (Å²) in [5.41, 5.74) is -0.414. The number of carbonyl (C=O) groups excluding carboxylic acids is 1. The molecule has 2 saturated heterocycles. The minimum Gasteiger partial charge on any atom is -0.444 e. The number of hydrogen-bond acceptors (Lipinski definition) is 4. The van der Waals surface area contributed by atoms with Gasteiger partial charge in [0.1, 0.15) is 5.60 Å². The van der Waals surface area contributed by atoms with Crippen LogP contribution in [-0.2, 0) is 4.74 Å². The van der Waals surface area contributed by atoms with E-state index in [1.54, 1.807) is 0 Å². The van der Waals surface area contributed by atoms with E-state index in [9.17, 15) is 4.79 Å². The van der Waals surface area contributed by atoms with Crippen LogP contribution in [-0.4, -0.2) is 66.3 Å². The molecular formula is C19H37N3O2. The zero-order chi connectivity index (χ0) is 17.6. The maximum absolute atomic E-state index is 12.3. The highest BCUT2D eigenvalue weighted by atomic mass is 16.6. The molecule has 0 aliphatic carbocycles. The number of unbranched alkanes of at least 4 members (excludes halogenated alkanes) is 1. The summed E-state index contributed by atoms with van der Waals surface area (Å²) in [6.07, 6.45) is 7.11. The third-order valence-corrected chi connectivity index (χ3v) is 4.96. The number of nitrogens with zero attached hydrogens (tertiary/aromatic N) is 2. The highest BCUT2D eigenvalue weighted by molar-refractivity contribution is 5.68. The van der Waals surface area contributed by atoms with Gasteiger partial charge in [-0.2, -0.15) is 0 Å². The summed E-state index contributed by atoms with van der Waals surface area (Å²) in [5, 5.41) is 3.81. The monoisotopic (exact) mass is 339 g/mol. The second-order valence-corrected chi connectivity index (χ2v) is 8.40. The minimum absolute atomic E-state index is 0.164. The lowest BCUT2D eigenvalue weighted by Crippen LogP contribution is -2.53. The largest absolute Gasteiger partial charge is 0.444 e. The maximum atomic E-state index is 12.3. The van der Waals surface area contributed by atoms with E-state index < -0.39 is 5.60 Å². The van der Waals surface area contributed by atoms with Crippen molar-refractivity contribution in [1.82, 2.24) is 15.1 Å². The standard InChI is InChI=1S/C19H37N3O2/c1-5-6-11-21-13-9-16(10-14-21)20-17-8-7-12-22(15-17)18(23)24-19(2,3)4/h16-17,20H,5-15H2,1-4H3. The van der Waals surface area contributed by atoms with Gasteiger partial charge in [0.2, 0.25) is 0 Å². The Labute approximate surface area is 148 Å². The molecule has 2 aliphatic heterocycles. The van der Waals surface area contributed by atoms with Gasteiger partial charge in [0.25, 0.3) is 0 Å². The first kappa shape index (κ1) is 19.5. The van der Waals surface area contributed by atoms with Gasteiger partial charge in [0.05, 0.1) is 0 Å². The lowest BCUT2D eigenvalue weighted by Gasteiger charge is -2.38. The summed E-state index contributed by atoms with van der Waals surface area (Å²) >= 11 is 0. The number of nitrogens with one attached hydrogen (secondary N) is 1. The number of carbonyl (C=O) groups is 1. The maximum Gasteiger partial charge on any atom is 0.410 e. The molecule has 0 aromatic heterocycles. The van der Waals surface area contributed by atoms with Gasteiger partial charge in [-0.3, -0.25) is 0 Å². The lowest BCUT2D eigenvalue weighted by molar-refractivity contribution is 0.0179. The molecule has 24 heavy (non-hydrogen) atoms. The smallest absolute Gasteiger partial charge is 0.410 e. The molecule has 0 aromatic carbocycles. The van der Waals surface area contributed by atoms with E-state index in [2.05, 4.69) is 17.1 Å². The fraction of sp³-hybridized carbons (Fsp3) is 0.947. The number of hydrogen-bond donors (Lipinski definition) is 1. The van der Waals surface area contributed by atoms with E-state index in [0.717, 1.165) is 25.9 Å². The molecule has 1 amide bonds. The van der Waals surface area contributed by atoms with Gasteiger partial charge in [-0.05, 0) is 72.5 Å². The molecule has 140 valence electrons. The predicted molar refractivity (Wildman–Crippen MR) is 98.3 cm³/mol. The van der Waals surface area contributed by atoms with E-state index >= 15 is 0 Å². The molecule has 0 radical (unpaired) electrons. The molecular weight excluding hydrogens is 302 g/mol. The Balaban J connectivity index is 1.72. The first-order valence-corrected chi connectivity index (χ1v) is 9.83. The second kappa shape index (κ2) is 9.04. The van der Waals surface area contributed by atoms with Crippen molar-refractivity contribution in [2.24, 2.45) is 0 Å². The Morgan fingerprint density at radius 1 is 1.12 bits per heavy atom. The quantitative estimate of drug-likeness (QED) is 0.835. The fourth-order valence-electron chi connectivity index (χ4n) is 3.64. The van der Waals surface area contributed by atoms with Gasteiger partial charge in [-0.15, -0.1) is 0 Å². The molecule has 1 unspecified atom stereocenters. The summed E-state index contributed by atoms with van der Waals surface area (Å²) < 4.78 is 5.52. The van der Waals surface area contributed by atoms with Crippen LogP contribution in [0.1, 0.15) is 66.2 Å². The molecule has 5 nitrogen and oxygen atoms in total. The third-order valence-electron chi connectivity index (χ3n) is 4.96. The first-order valence-electron chi connectivity index (χ1n) is 9.83. The normalized spacial score (nSPS) is 24.2. The number of likely N-dealkylation sites (tertiary alicyclic amines) is 2. The summed E-state index contributed by atoms with van der Waals surface area (Å²) in [4.78, 5) is 16.7. The number of amides is 1. The molecule has 2 rings (SSSR count). The molecule has 0 saturated carbocycles. The van der Waals surface area contributed by atoms with E-state index in [1.807, 2.05) is 25.7 Å². The molecule has 0 spiro atoms. The predicted octanol–water partition coefficient (Wildman–Crippen LogP) is 3.24. The van der Waals surface area contributed by atoms with Gasteiger partial charge in [-0.25, -0.2) is 4.79 Å². The second-order valence-electron chi connectivity index (χ2n) is 8.40. The van der Waals surface area contributed by atoms with Crippen LogP contribution in [0.3, 0.4) is 0 Å². The Hall–Kier alpha value is -0.810. The van der Waals surface area contributed by atoms with Crippen molar-refractivity contribution in [3.05, 3.63) is 0 Å². The van der Waals surface area contributed by atoms with Gasteiger partial charge in [-0.1, -0.05) is 13.3 Å². The highest BCUT2D eigenvalue weighted by Crippen LogP contribution is 2.18.